The molecule has 1 saturated carbocycles. The number of anilines is 1. The van der Waals surface area contributed by atoms with Crippen LogP contribution in [0.25, 0.3) is 0 Å². The van der Waals surface area contributed by atoms with Crippen LogP contribution in [-0.4, -0.2) is 11.9 Å². The topological polar surface area (TPSA) is 67.1 Å². The van der Waals surface area contributed by atoms with Gasteiger partial charge < -0.3 is 10.7 Å². The molecule has 0 heterocycles. The molecule has 0 aliphatic heterocycles. The zero-order chi connectivity index (χ0) is 14.5. The van der Waals surface area contributed by atoms with Gasteiger partial charge >= 0.3 is 0 Å². The van der Waals surface area contributed by atoms with E-state index in [0.717, 1.165) is 37.8 Å². The molecule has 1 aromatic rings. The van der Waals surface area contributed by atoms with Gasteiger partial charge in [0.25, 0.3) is 5.91 Å². The number of nitrogens with two attached hydrogens (primary N) is 1. The minimum Gasteiger partial charge on any atom is -0.349 e. The highest BCUT2D eigenvalue weighted by Gasteiger charge is 2.18. The van der Waals surface area contributed by atoms with Gasteiger partial charge in [-0.15, -0.1) is 0 Å². The van der Waals surface area contributed by atoms with E-state index < -0.39 is 23.2 Å². The maximum atomic E-state index is 13.6. The van der Waals surface area contributed by atoms with Crippen LogP contribution in [0.5, 0.6) is 0 Å². The molecule has 0 atom stereocenters. The Morgan fingerprint density at radius 2 is 1.65 bits per heavy atom. The van der Waals surface area contributed by atoms with Crippen LogP contribution in [0.2, 0.25) is 0 Å². The van der Waals surface area contributed by atoms with E-state index in [1.54, 1.807) is 0 Å². The van der Waals surface area contributed by atoms with E-state index >= 15 is 0 Å². The standard InChI is InChI=1S/C14H19F2N3O/c15-11-7-9(8-12(16)13(11)19-17)14(20)18-10-5-3-1-2-4-6-10/h7-8,10,19H,1-6,17H2,(H,18,20). The molecule has 1 fully saturated rings. The Kier molecular flexibility index (Phi) is 4.89. The van der Waals surface area contributed by atoms with Gasteiger partial charge in [0, 0.05) is 11.6 Å². The smallest absolute Gasteiger partial charge is 0.251 e. The number of carbonyl (C=O) groups is 1. The van der Waals surface area contributed by atoms with Crippen molar-refractivity contribution >= 4 is 11.6 Å². The van der Waals surface area contributed by atoms with Crippen molar-refractivity contribution in [3.63, 3.8) is 0 Å². The summed E-state index contributed by atoms with van der Waals surface area (Å²) in [6.45, 7) is 0. The van der Waals surface area contributed by atoms with E-state index in [4.69, 9.17) is 5.84 Å². The summed E-state index contributed by atoms with van der Waals surface area (Å²) in [7, 11) is 0. The van der Waals surface area contributed by atoms with E-state index in [2.05, 4.69) is 5.32 Å². The first-order valence-electron chi connectivity index (χ1n) is 6.88. The maximum Gasteiger partial charge on any atom is 0.251 e. The molecule has 1 amide bonds. The second-order valence-electron chi connectivity index (χ2n) is 5.12. The Labute approximate surface area is 116 Å². The third kappa shape index (κ3) is 3.45. The first kappa shape index (κ1) is 14.7. The third-order valence-electron chi connectivity index (χ3n) is 3.64. The summed E-state index contributed by atoms with van der Waals surface area (Å²) in [6.07, 6.45) is 6.32. The van der Waals surface area contributed by atoms with Crippen LogP contribution in [0.3, 0.4) is 0 Å². The Bertz CT molecular complexity index is 462. The van der Waals surface area contributed by atoms with Crippen molar-refractivity contribution in [2.45, 2.75) is 44.6 Å². The lowest BCUT2D eigenvalue weighted by atomic mass is 10.1. The lowest BCUT2D eigenvalue weighted by molar-refractivity contribution is 0.0932. The van der Waals surface area contributed by atoms with Crippen molar-refractivity contribution < 1.29 is 13.6 Å². The molecule has 1 aliphatic rings. The van der Waals surface area contributed by atoms with Crippen LogP contribution in [-0.2, 0) is 0 Å². The second kappa shape index (κ2) is 6.65. The quantitative estimate of drug-likeness (QED) is 0.454. The summed E-state index contributed by atoms with van der Waals surface area (Å²) >= 11 is 0. The minimum atomic E-state index is -0.876. The van der Waals surface area contributed by atoms with E-state index in [-0.39, 0.29) is 11.6 Å². The summed E-state index contributed by atoms with van der Waals surface area (Å²) in [6, 6.07) is 2.07. The summed E-state index contributed by atoms with van der Waals surface area (Å²) in [5.74, 6) is 2.82. The molecule has 4 N–H and O–H groups in total. The van der Waals surface area contributed by atoms with Crippen molar-refractivity contribution in [2.75, 3.05) is 5.43 Å². The Hall–Kier alpha value is -1.69. The summed E-state index contributed by atoms with van der Waals surface area (Å²) < 4.78 is 27.1. The normalized spacial score (nSPS) is 16.6. The molecule has 0 unspecified atom stereocenters. The largest absolute Gasteiger partial charge is 0.349 e. The lowest BCUT2D eigenvalue weighted by Gasteiger charge is -2.16. The highest BCUT2D eigenvalue weighted by Crippen LogP contribution is 2.21. The van der Waals surface area contributed by atoms with Gasteiger partial charge in [-0.3, -0.25) is 10.6 Å². The van der Waals surface area contributed by atoms with Crippen LogP contribution < -0.4 is 16.6 Å². The Morgan fingerprint density at radius 1 is 1.10 bits per heavy atom. The van der Waals surface area contributed by atoms with Crippen LogP contribution >= 0.6 is 0 Å². The number of carbonyl (C=O) groups excluding carboxylic acids is 1. The molecule has 2 rings (SSSR count). The number of rotatable bonds is 3. The number of halogens is 2. The van der Waals surface area contributed by atoms with Gasteiger partial charge in [-0.1, -0.05) is 25.7 Å². The maximum absolute atomic E-state index is 13.6. The monoisotopic (exact) mass is 283 g/mol. The molecule has 0 saturated heterocycles. The van der Waals surface area contributed by atoms with E-state index in [9.17, 15) is 13.6 Å². The van der Waals surface area contributed by atoms with E-state index in [1.807, 2.05) is 5.43 Å². The van der Waals surface area contributed by atoms with Gasteiger partial charge in [0.2, 0.25) is 0 Å². The summed E-state index contributed by atoms with van der Waals surface area (Å²) in [5.41, 5.74) is 1.48. The number of nitrogen functional groups attached to an aromatic ring is 1. The molecule has 0 aromatic heterocycles. The summed E-state index contributed by atoms with van der Waals surface area (Å²) in [5, 5.41) is 2.84. The third-order valence-corrected chi connectivity index (χ3v) is 3.64. The number of hydrogen-bond donors (Lipinski definition) is 3. The molecular formula is C14H19F2N3O. The predicted octanol–water partition coefficient (Wildman–Crippen LogP) is 2.70. The number of hydrazine groups is 1. The van der Waals surface area contributed by atoms with Gasteiger partial charge in [-0.2, -0.15) is 0 Å². The fourth-order valence-corrected chi connectivity index (χ4v) is 2.53. The molecule has 4 nitrogen and oxygen atoms in total. The van der Waals surface area contributed by atoms with Crippen molar-refractivity contribution in [1.82, 2.24) is 5.32 Å². The van der Waals surface area contributed by atoms with Crippen LogP contribution in [0.4, 0.5) is 14.5 Å². The molecule has 0 spiro atoms. The molecule has 1 aliphatic carbocycles. The van der Waals surface area contributed by atoms with Gasteiger partial charge in [-0.05, 0) is 25.0 Å². The van der Waals surface area contributed by atoms with Gasteiger partial charge in [-0.25, -0.2) is 8.78 Å². The predicted molar refractivity (Wildman–Crippen MR) is 73.1 cm³/mol. The van der Waals surface area contributed by atoms with E-state index in [0.29, 0.717) is 0 Å². The van der Waals surface area contributed by atoms with Crippen molar-refractivity contribution in [3.8, 4) is 0 Å². The Balaban J connectivity index is 2.08. The number of nitrogens with one attached hydrogen (secondary N) is 2. The lowest BCUT2D eigenvalue weighted by Crippen LogP contribution is -2.34. The zero-order valence-electron chi connectivity index (χ0n) is 11.2. The molecular weight excluding hydrogens is 264 g/mol. The SMILES string of the molecule is NNc1c(F)cc(C(=O)NC2CCCCCC2)cc1F. The molecule has 6 heteroatoms. The summed E-state index contributed by atoms with van der Waals surface area (Å²) in [4.78, 5) is 12.0. The zero-order valence-corrected chi connectivity index (χ0v) is 11.2. The van der Waals surface area contributed by atoms with Crippen LogP contribution in [0.1, 0.15) is 48.9 Å². The highest BCUT2D eigenvalue weighted by molar-refractivity contribution is 5.94. The second-order valence-corrected chi connectivity index (χ2v) is 5.12. The molecule has 0 radical (unpaired) electrons. The minimum absolute atomic E-state index is 0.0248. The van der Waals surface area contributed by atoms with Crippen molar-refractivity contribution in [1.29, 1.82) is 0 Å². The Morgan fingerprint density at radius 3 is 2.15 bits per heavy atom. The fourth-order valence-electron chi connectivity index (χ4n) is 2.53. The number of amides is 1. The number of benzene rings is 1. The van der Waals surface area contributed by atoms with Gasteiger partial charge in [0.05, 0.1) is 0 Å². The van der Waals surface area contributed by atoms with Crippen molar-refractivity contribution in [2.24, 2.45) is 5.84 Å². The average molecular weight is 283 g/mol. The van der Waals surface area contributed by atoms with E-state index in [1.165, 1.54) is 12.8 Å². The molecule has 110 valence electrons. The highest BCUT2D eigenvalue weighted by atomic mass is 19.1. The van der Waals surface area contributed by atoms with Gasteiger partial charge in [0.1, 0.15) is 5.69 Å². The first-order valence-corrected chi connectivity index (χ1v) is 6.88. The number of hydrogen-bond acceptors (Lipinski definition) is 3. The molecule has 1 aromatic carbocycles. The van der Waals surface area contributed by atoms with Crippen molar-refractivity contribution in [3.05, 3.63) is 29.3 Å². The molecule has 20 heavy (non-hydrogen) atoms. The van der Waals surface area contributed by atoms with Crippen LogP contribution in [0.15, 0.2) is 12.1 Å². The fraction of sp³-hybridized carbons (Fsp3) is 0.500. The molecule has 0 bridgehead atoms. The van der Waals surface area contributed by atoms with Crippen LogP contribution in [0, 0.1) is 11.6 Å². The first-order chi connectivity index (χ1) is 9.61. The van der Waals surface area contributed by atoms with Gasteiger partial charge in [0.15, 0.2) is 11.6 Å². The average Bonchev–Trinajstić information content (AvgIpc) is 2.67.